The second-order valence-corrected chi connectivity index (χ2v) is 8.18. The summed E-state index contributed by atoms with van der Waals surface area (Å²) in [5.74, 6) is -4.14. The van der Waals surface area contributed by atoms with E-state index in [0.29, 0.717) is 17.8 Å². The van der Waals surface area contributed by atoms with Gasteiger partial charge in [-0.25, -0.2) is 8.78 Å². The van der Waals surface area contributed by atoms with Crippen LogP contribution < -0.4 is 10.6 Å². The van der Waals surface area contributed by atoms with Crippen molar-refractivity contribution in [3.05, 3.63) is 59.7 Å². The number of hydrogen-bond donors (Lipinski definition) is 3. The summed E-state index contributed by atoms with van der Waals surface area (Å²) in [4.78, 5) is 25.1. The van der Waals surface area contributed by atoms with E-state index < -0.39 is 28.7 Å². The summed E-state index contributed by atoms with van der Waals surface area (Å²) in [7, 11) is 0. The first-order valence-electron chi connectivity index (χ1n) is 10.5. The number of rotatable bonds is 9. The quantitative estimate of drug-likeness (QED) is 0.290. The number of nitrogens with one attached hydrogen (secondary N) is 2. The molecule has 10 heteroatoms. The summed E-state index contributed by atoms with van der Waals surface area (Å²) in [6, 6.07) is 14.6. The highest BCUT2D eigenvalue weighted by Gasteiger charge is 2.44. The van der Waals surface area contributed by atoms with Crippen LogP contribution in [0.4, 0.5) is 20.2 Å². The molecule has 1 aliphatic heterocycles. The second kappa shape index (κ2) is 10.4. The minimum absolute atomic E-state index is 0.0129. The van der Waals surface area contributed by atoms with Crippen molar-refractivity contribution in [1.29, 1.82) is 5.26 Å². The first-order chi connectivity index (χ1) is 16.2. The van der Waals surface area contributed by atoms with Gasteiger partial charge in [-0.05, 0) is 30.2 Å². The molecule has 0 saturated carbocycles. The van der Waals surface area contributed by atoms with E-state index in [1.807, 2.05) is 0 Å². The number of anilines is 2. The number of Topliss-reactive ketones (excluding diaryl/α,β-unsaturated/α-hetero) is 1. The SMILES string of the molecule is CC(F)(F)c1ccccc1Nc1ccc(CNC(=O)[C@]2(CC(=O)/C(C#N)=N/O)CCOC2)cc1. The number of nitrogens with zero attached hydrogens (tertiary/aromatic N) is 2. The molecule has 3 N–H and O–H groups in total. The number of nitriles is 1. The summed E-state index contributed by atoms with van der Waals surface area (Å²) < 4.78 is 33.0. The monoisotopic (exact) mass is 470 g/mol. The zero-order valence-electron chi connectivity index (χ0n) is 18.5. The standard InChI is InChI=1S/C24H24F2N4O4/c1-23(25,26)18-4-2-3-5-19(18)29-17-8-6-16(7-9-17)14-28-22(32)24(10-11-34-15-24)12-21(31)20(13-27)30-33/h2-9,29,33H,10-12,14-15H2,1H3,(H,28,32)/b30-20+/t24-/m0/s1. The topological polar surface area (TPSA) is 124 Å². The Hall–Kier alpha value is -3.84. The molecule has 0 unspecified atom stereocenters. The van der Waals surface area contributed by atoms with Crippen LogP contribution >= 0.6 is 0 Å². The van der Waals surface area contributed by atoms with Gasteiger partial charge in [-0.1, -0.05) is 35.5 Å². The molecule has 2 aromatic rings. The molecule has 0 aliphatic carbocycles. The fourth-order valence-electron chi connectivity index (χ4n) is 3.74. The van der Waals surface area contributed by atoms with Gasteiger partial charge in [0.25, 0.3) is 5.92 Å². The van der Waals surface area contributed by atoms with E-state index in [-0.39, 0.29) is 31.7 Å². The minimum Gasteiger partial charge on any atom is -0.410 e. The number of ether oxygens (including phenoxy) is 1. The Morgan fingerprint density at radius 1 is 1.24 bits per heavy atom. The number of amides is 1. The molecule has 1 fully saturated rings. The molecule has 1 heterocycles. The van der Waals surface area contributed by atoms with E-state index >= 15 is 0 Å². The third-order valence-electron chi connectivity index (χ3n) is 5.64. The van der Waals surface area contributed by atoms with Crippen molar-refractivity contribution < 1.29 is 28.3 Å². The summed E-state index contributed by atoms with van der Waals surface area (Å²) >= 11 is 0. The highest BCUT2D eigenvalue weighted by molar-refractivity contribution is 6.46. The molecule has 34 heavy (non-hydrogen) atoms. The van der Waals surface area contributed by atoms with Crippen LogP contribution in [0.15, 0.2) is 53.7 Å². The third-order valence-corrected chi connectivity index (χ3v) is 5.64. The van der Waals surface area contributed by atoms with E-state index in [9.17, 15) is 18.4 Å². The average Bonchev–Trinajstić information content (AvgIpc) is 3.28. The van der Waals surface area contributed by atoms with Gasteiger partial charge in [0.05, 0.1) is 12.0 Å². The van der Waals surface area contributed by atoms with Gasteiger partial charge in [0.1, 0.15) is 6.07 Å². The van der Waals surface area contributed by atoms with Gasteiger partial charge in [0, 0.05) is 43.4 Å². The van der Waals surface area contributed by atoms with Crippen LogP contribution in [-0.2, 0) is 26.8 Å². The predicted molar refractivity (Wildman–Crippen MR) is 120 cm³/mol. The van der Waals surface area contributed by atoms with Crippen LogP contribution in [0.3, 0.4) is 0 Å². The van der Waals surface area contributed by atoms with Gasteiger partial charge in [-0.2, -0.15) is 5.26 Å². The van der Waals surface area contributed by atoms with E-state index in [1.165, 1.54) is 12.1 Å². The predicted octanol–water partition coefficient (Wildman–Crippen LogP) is 3.88. The molecule has 0 spiro atoms. The Labute approximate surface area is 195 Å². The lowest BCUT2D eigenvalue weighted by molar-refractivity contribution is -0.134. The molecule has 1 atom stereocenters. The molecular formula is C24H24F2N4O4. The van der Waals surface area contributed by atoms with Crippen molar-refractivity contribution in [3.63, 3.8) is 0 Å². The molecule has 0 bridgehead atoms. The van der Waals surface area contributed by atoms with Crippen LogP contribution in [-0.4, -0.2) is 35.8 Å². The maximum absolute atomic E-state index is 13.8. The maximum atomic E-state index is 13.8. The summed E-state index contributed by atoms with van der Waals surface area (Å²) in [5.41, 5.74) is -0.277. The second-order valence-electron chi connectivity index (χ2n) is 8.18. The molecule has 1 aliphatic rings. The van der Waals surface area contributed by atoms with Gasteiger partial charge >= 0.3 is 0 Å². The Morgan fingerprint density at radius 2 is 1.94 bits per heavy atom. The lowest BCUT2D eigenvalue weighted by atomic mass is 9.80. The zero-order chi connectivity index (χ0) is 24.8. The third kappa shape index (κ3) is 5.74. The number of para-hydroxylation sites is 1. The van der Waals surface area contributed by atoms with E-state index in [1.54, 1.807) is 42.5 Å². The van der Waals surface area contributed by atoms with Crippen molar-refractivity contribution in [2.45, 2.75) is 32.2 Å². The molecule has 0 radical (unpaired) electrons. The minimum atomic E-state index is -2.99. The first kappa shape index (κ1) is 24.8. The number of carbonyl (C=O) groups is 2. The largest absolute Gasteiger partial charge is 0.410 e. The number of benzene rings is 2. The summed E-state index contributed by atoms with van der Waals surface area (Å²) in [5, 5.41) is 26.1. The molecule has 1 amide bonds. The normalized spacial score (nSPS) is 18.2. The van der Waals surface area contributed by atoms with Crippen molar-refractivity contribution in [2.75, 3.05) is 18.5 Å². The van der Waals surface area contributed by atoms with Crippen molar-refractivity contribution in [2.24, 2.45) is 10.6 Å². The van der Waals surface area contributed by atoms with Crippen LogP contribution in [0.2, 0.25) is 0 Å². The lowest BCUT2D eigenvalue weighted by Crippen LogP contribution is -2.43. The molecule has 178 valence electrons. The van der Waals surface area contributed by atoms with Crippen LogP contribution in [0.5, 0.6) is 0 Å². The van der Waals surface area contributed by atoms with Crippen LogP contribution in [0, 0.1) is 16.7 Å². The van der Waals surface area contributed by atoms with Crippen LogP contribution in [0.1, 0.15) is 30.9 Å². The Kier molecular flexibility index (Phi) is 7.58. The molecule has 3 rings (SSSR count). The number of alkyl halides is 2. The van der Waals surface area contributed by atoms with Crippen LogP contribution in [0.25, 0.3) is 0 Å². The number of carbonyl (C=O) groups excluding carboxylic acids is 2. The fourth-order valence-corrected chi connectivity index (χ4v) is 3.74. The fraction of sp³-hybridized carbons (Fsp3) is 0.333. The van der Waals surface area contributed by atoms with E-state index in [2.05, 4.69) is 15.8 Å². The molecule has 8 nitrogen and oxygen atoms in total. The summed E-state index contributed by atoms with van der Waals surface area (Å²) in [6.07, 6.45) is -0.0187. The van der Waals surface area contributed by atoms with Crippen molar-refractivity contribution >= 4 is 28.8 Å². The average molecular weight is 470 g/mol. The van der Waals surface area contributed by atoms with Gasteiger partial charge in [-0.3, -0.25) is 9.59 Å². The molecule has 2 aromatic carbocycles. The van der Waals surface area contributed by atoms with Gasteiger partial charge < -0.3 is 20.6 Å². The van der Waals surface area contributed by atoms with Crippen molar-refractivity contribution in [1.82, 2.24) is 5.32 Å². The Bertz CT molecular complexity index is 1120. The molecular weight excluding hydrogens is 446 g/mol. The number of oxime groups is 1. The number of halogens is 2. The van der Waals surface area contributed by atoms with Gasteiger partial charge in [-0.15, -0.1) is 0 Å². The van der Waals surface area contributed by atoms with Crippen molar-refractivity contribution in [3.8, 4) is 6.07 Å². The number of ketones is 1. The lowest BCUT2D eigenvalue weighted by Gasteiger charge is -2.25. The van der Waals surface area contributed by atoms with E-state index in [0.717, 1.165) is 12.5 Å². The Balaban J connectivity index is 1.64. The Morgan fingerprint density at radius 3 is 2.53 bits per heavy atom. The number of hydrogen-bond acceptors (Lipinski definition) is 7. The smallest absolute Gasteiger partial charge is 0.272 e. The highest BCUT2D eigenvalue weighted by Crippen LogP contribution is 2.35. The molecule has 1 saturated heterocycles. The molecule has 0 aromatic heterocycles. The maximum Gasteiger partial charge on any atom is 0.272 e. The zero-order valence-corrected chi connectivity index (χ0v) is 18.5. The summed E-state index contributed by atoms with van der Waals surface area (Å²) in [6.45, 7) is 1.31. The van der Waals surface area contributed by atoms with Gasteiger partial charge in [0.2, 0.25) is 11.6 Å². The first-order valence-corrected chi connectivity index (χ1v) is 10.5. The highest BCUT2D eigenvalue weighted by atomic mass is 19.3. The van der Waals surface area contributed by atoms with Gasteiger partial charge in [0.15, 0.2) is 5.78 Å². The van der Waals surface area contributed by atoms with E-state index in [4.69, 9.17) is 15.2 Å².